The van der Waals surface area contributed by atoms with E-state index in [1.54, 1.807) is 41.0 Å². The van der Waals surface area contributed by atoms with Crippen molar-refractivity contribution in [3.63, 3.8) is 0 Å². The van der Waals surface area contributed by atoms with Crippen LogP contribution in [0.15, 0.2) is 119 Å². The molecule has 0 amide bonds. The molecule has 1 saturated carbocycles. The summed E-state index contributed by atoms with van der Waals surface area (Å²) in [5.41, 5.74) is 2.43. The van der Waals surface area contributed by atoms with Gasteiger partial charge in [0.1, 0.15) is 16.5 Å². The first-order valence-electron chi connectivity index (χ1n) is 12.0. The van der Waals surface area contributed by atoms with Gasteiger partial charge in [0.05, 0.1) is 4.90 Å². The van der Waals surface area contributed by atoms with Crippen molar-refractivity contribution in [2.75, 3.05) is 0 Å². The van der Waals surface area contributed by atoms with Crippen LogP contribution in [0, 0.1) is 5.92 Å². The first-order chi connectivity index (χ1) is 17.9. The summed E-state index contributed by atoms with van der Waals surface area (Å²) in [5, 5.41) is 10.9. The van der Waals surface area contributed by atoms with E-state index in [-0.39, 0.29) is 12.5 Å². The summed E-state index contributed by atoms with van der Waals surface area (Å²) < 4.78 is 15.7. The Morgan fingerprint density at radius 2 is 2.03 bits per heavy atom. The molecule has 1 aromatic carbocycles. The fourth-order valence-electron chi connectivity index (χ4n) is 4.60. The Hall–Kier alpha value is -3.32. The van der Waals surface area contributed by atoms with E-state index in [0.29, 0.717) is 22.8 Å². The van der Waals surface area contributed by atoms with Crippen LogP contribution < -0.4 is 0 Å². The molecule has 2 aromatic rings. The molecule has 37 heavy (non-hydrogen) atoms. The van der Waals surface area contributed by atoms with Crippen LogP contribution in [0.2, 0.25) is 0 Å². The van der Waals surface area contributed by atoms with Gasteiger partial charge in [0.2, 0.25) is 0 Å². The fraction of sp³-hybridized carbons (Fsp3) is 0.200. The van der Waals surface area contributed by atoms with Crippen molar-refractivity contribution in [3.8, 4) is 0 Å². The highest BCUT2D eigenvalue weighted by Crippen LogP contribution is 2.55. The van der Waals surface area contributed by atoms with Crippen molar-refractivity contribution in [1.82, 2.24) is 9.29 Å². The van der Waals surface area contributed by atoms with Gasteiger partial charge in [-0.15, -0.1) is 0 Å². The number of halogens is 1. The van der Waals surface area contributed by atoms with Crippen LogP contribution >= 0.6 is 11.6 Å². The molecule has 7 heteroatoms. The number of hydrogen-bond acceptors (Lipinski definition) is 3. The molecule has 0 spiro atoms. The first-order valence-corrected chi connectivity index (χ1v) is 13.5. The molecule has 1 N–H and O–H groups in total. The van der Waals surface area contributed by atoms with Gasteiger partial charge >= 0.3 is 5.97 Å². The lowest BCUT2D eigenvalue weighted by Gasteiger charge is -2.29. The van der Waals surface area contributed by atoms with Crippen LogP contribution in [0.5, 0.6) is 0 Å². The number of carboxylic acid groups (broad SMARTS) is 1. The Bertz CT molecular complexity index is 1340. The zero-order valence-electron chi connectivity index (χ0n) is 20.6. The van der Waals surface area contributed by atoms with Crippen molar-refractivity contribution in [1.29, 1.82) is 0 Å². The minimum absolute atomic E-state index is 0.199. The topological polar surface area (TPSA) is 70.5 Å². The molecule has 0 saturated heterocycles. The summed E-state index contributed by atoms with van der Waals surface area (Å²) in [5.74, 6) is -1.20. The summed E-state index contributed by atoms with van der Waals surface area (Å²) in [4.78, 5) is 17.5. The van der Waals surface area contributed by atoms with E-state index in [9.17, 15) is 14.1 Å². The number of carboxylic acids is 1. The van der Waals surface area contributed by atoms with E-state index in [0.717, 1.165) is 22.3 Å². The van der Waals surface area contributed by atoms with Gasteiger partial charge in [-0.05, 0) is 60.7 Å². The summed E-state index contributed by atoms with van der Waals surface area (Å²) in [6.45, 7) is 5.80. The second-order valence-corrected chi connectivity index (χ2v) is 10.8. The highest BCUT2D eigenvalue weighted by Gasteiger charge is 2.66. The number of pyridine rings is 1. The van der Waals surface area contributed by atoms with Crippen LogP contribution in [0.25, 0.3) is 5.57 Å². The molecule has 0 radical (unpaired) electrons. The Morgan fingerprint density at radius 1 is 1.24 bits per heavy atom. The molecule has 1 fully saturated rings. The molecule has 190 valence electrons. The molecule has 4 rings (SSSR count). The van der Waals surface area contributed by atoms with Crippen molar-refractivity contribution in [2.45, 2.75) is 36.7 Å². The second kappa shape index (κ2) is 11.8. The Kier molecular flexibility index (Phi) is 8.54. The fourth-order valence-corrected chi connectivity index (χ4v) is 6.13. The standard InChI is InChI=1S/C30H29ClN2O3S/c1-3-24(13-12-22(2)31)25-14-16-27(17-15-25)37(36)33(21-23-9-8-18-32-20-23)30(29(34)35)19-28(30)26-10-6-4-5-7-11-26/h3-10,12-18,20,28H,2,11,19,21H2,1H3,(H,34,35)/b13-12-,24-3+. The smallest absolute Gasteiger partial charge is 0.325 e. The molecule has 3 unspecified atom stereocenters. The maximum Gasteiger partial charge on any atom is 0.325 e. The zero-order valence-corrected chi connectivity index (χ0v) is 22.2. The van der Waals surface area contributed by atoms with Crippen LogP contribution in [0.3, 0.4) is 0 Å². The van der Waals surface area contributed by atoms with Crippen LogP contribution in [0.4, 0.5) is 0 Å². The lowest BCUT2D eigenvalue weighted by Crippen LogP contribution is -2.46. The molecule has 1 heterocycles. The zero-order chi connectivity index (χ0) is 26.4. The maximum atomic E-state index is 14.1. The SMILES string of the molecule is C=C(Cl)/C=C\C(=C/C)c1ccc(S(=O)N(Cc2cccnc2)C2(C(=O)O)CC2C2=CC=CC=CC2)cc1. The highest BCUT2D eigenvalue weighted by atomic mass is 35.5. The Balaban J connectivity index is 1.69. The van der Waals surface area contributed by atoms with Crippen molar-refractivity contribution in [2.24, 2.45) is 5.92 Å². The molecule has 2 aliphatic rings. The normalized spacial score (nSPS) is 22.1. The summed E-state index contributed by atoms with van der Waals surface area (Å²) in [6.07, 6.45) is 19.8. The van der Waals surface area contributed by atoms with Gasteiger partial charge in [-0.3, -0.25) is 9.78 Å². The van der Waals surface area contributed by atoms with Gasteiger partial charge in [-0.2, -0.15) is 4.31 Å². The Labute approximate surface area is 225 Å². The lowest BCUT2D eigenvalue weighted by molar-refractivity contribution is -0.143. The molecule has 3 atom stereocenters. The average Bonchev–Trinajstić information content (AvgIpc) is 3.69. The number of allylic oxidation sites excluding steroid dienone is 10. The predicted molar refractivity (Wildman–Crippen MR) is 150 cm³/mol. The highest BCUT2D eigenvalue weighted by molar-refractivity contribution is 7.82. The van der Waals surface area contributed by atoms with Gasteiger partial charge in [0.25, 0.3) is 0 Å². The largest absolute Gasteiger partial charge is 0.480 e. The molecule has 1 aromatic heterocycles. The monoisotopic (exact) mass is 532 g/mol. The second-order valence-electron chi connectivity index (χ2n) is 8.94. The van der Waals surface area contributed by atoms with Gasteiger partial charge in [0, 0.05) is 29.9 Å². The van der Waals surface area contributed by atoms with E-state index in [2.05, 4.69) is 11.6 Å². The number of aromatic nitrogens is 1. The number of nitrogens with zero attached hydrogens (tertiary/aromatic N) is 2. The number of rotatable bonds is 10. The third-order valence-corrected chi connectivity index (χ3v) is 8.27. The third kappa shape index (κ3) is 5.99. The van der Waals surface area contributed by atoms with Gasteiger partial charge < -0.3 is 5.11 Å². The number of carbonyl (C=O) groups is 1. The van der Waals surface area contributed by atoms with Crippen LogP contribution in [-0.4, -0.2) is 30.1 Å². The van der Waals surface area contributed by atoms with E-state index in [1.165, 1.54) is 0 Å². The maximum absolute atomic E-state index is 14.1. The van der Waals surface area contributed by atoms with E-state index in [4.69, 9.17) is 11.6 Å². The first kappa shape index (κ1) is 26.7. The van der Waals surface area contributed by atoms with E-state index < -0.39 is 22.5 Å². The molecule has 0 bridgehead atoms. The summed E-state index contributed by atoms with van der Waals surface area (Å²) in [6, 6.07) is 11.0. The third-order valence-electron chi connectivity index (χ3n) is 6.61. The minimum Gasteiger partial charge on any atom is -0.480 e. The molecule has 2 aliphatic carbocycles. The van der Waals surface area contributed by atoms with E-state index in [1.807, 2.05) is 67.7 Å². The molecular formula is C30H29ClN2O3S. The van der Waals surface area contributed by atoms with Crippen LogP contribution in [0.1, 0.15) is 30.9 Å². The van der Waals surface area contributed by atoms with Crippen molar-refractivity contribution in [3.05, 3.63) is 126 Å². The molecule has 5 nitrogen and oxygen atoms in total. The lowest BCUT2D eigenvalue weighted by atomic mass is 10.0. The van der Waals surface area contributed by atoms with Gasteiger partial charge in [-0.25, -0.2) is 4.21 Å². The predicted octanol–water partition coefficient (Wildman–Crippen LogP) is 6.60. The number of hydrogen-bond donors (Lipinski definition) is 1. The average molecular weight is 533 g/mol. The van der Waals surface area contributed by atoms with Crippen molar-refractivity contribution < 1.29 is 14.1 Å². The molecule has 0 aliphatic heterocycles. The van der Waals surface area contributed by atoms with Gasteiger partial charge in [0.15, 0.2) is 0 Å². The summed E-state index contributed by atoms with van der Waals surface area (Å²) in [7, 11) is -1.72. The summed E-state index contributed by atoms with van der Waals surface area (Å²) >= 11 is 5.87. The Morgan fingerprint density at radius 3 is 2.68 bits per heavy atom. The van der Waals surface area contributed by atoms with Crippen LogP contribution in [-0.2, 0) is 22.3 Å². The van der Waals surface area contributed by atoms with Gasteiger partial charge in [-0.1, -0.05) is 84.5 Å². The molecular weight excluding hydrogens is 504 g/mol. The quantitative estimate of drug-likeness (QED) is 0.350. The van der Waals surface area contributed by atoms with E-state index >= 15 is 0 Å². The number of benzene rings is 1. The minimum atomic E-state index is -1.72. The number of aliphatic carboxylic acids is 1. The van der Waals surface area contributed by atoms with Crippen molar-refractivity contribution >= 4 is 34.1 Å².